The summed E-state index contributed by atoms with van der Waals surface area (Å²) in [5.74, 6) is -2.49. The van der Waals surface area contributed by atoms with Crippen molar-refractivity contribution in [3.05, 3.63) is 69.7 Å². The summed E-state index contributed by atoms with van der Waals surface area (Å²) in [7, 11) is 0. The molecule has 4 N–H and O–H groups in total. The van der Waals surface area contributed by atoms with Crippen molar-refractivity contribution in [3.8, 4) is 5.75 Å². The summed E-state index contributed by atoms with van der Waals surface area (Å²) in [5, 5.41) is 19.2. The zero-order chi connectivity index (χ0) is 28.1. The number of hydrogen-bond donors (Lipinski definition) is 4. The topological polar surface area (TPSA) is 142 Å². The number of nitrogens with one attached hydrogen (secondary N) is 3. The van der Waals surface area contributed by atoms with Crippen molar-refractivity contribution in [2.24, 2.45) is 11.8 Å². The van der Waals surface area contributed by atoms with Crippen molar-refractivity contribution in [2.75, 3.05) is 0 Å². The minimum absolute atomic E-state index is 0.0334. The summed E-state index contributed by atoms with van der Waals surface area (Å²) in [5.41, 5.74) is -2.30. The molecular formula is C28H32FN5O5. The Kier molecular flexibility index (Phi) is 6.56. The third kappa shape index (κ3) is 4.59. The number of carbonyl (C=O) groups excluding carboxylic acids is 3. The van der Waals surface area contributed by atoms with E-state index >= 15 is 0 Å². The van der Waals surface area contributed by atoms with E-state index in [1.165, 1.54) is 23.6 Å². The Bertz CT molecular complexity index is 1440. The molecule has 206 valence electrons. The molecule has 4 aliphatic rings. The zero-order valence-electron chi connectivity index (χ0n) is 22.0. The SMILES string of the molecule is C=C[C@H]1C[C@@]1(NC(C)=O)C(=O)NC12CCC(CC1)Cn1c2nc(C(=O)NCc2ccc(F)c(C)c2)c(O)c1=O. The normalized spacial score (nSPS) is 26.6. The number of nitrogens with zero attached hydrogens (tertiary/aromatic N) is 2. The highest BCUT2D eigenvalue weighted by Crippen LogP contribution is 2.48. The van der Waals surface area contributed by atoms with Crippen LogP contribution in [0.15, 0.2) is 35.6 Å². The molecule has 0 unspecified atom stereocenters. The van der Waals surface area contributed by atoms with Crippen molar-refractivity contribution in [3.63, 3.8) is 0 Å². The Morgan fingerprint density at radius 3 is 2.59 bits per heavy atom. The number of hydrogen-bond acceptors (Lipinski definition) is 6. The van der Waals surface area contributed by atoms with E-state index in [1.54, 1.807) is 19.1 Å². The van der Waals surface area contributed by atoms with Gasteiger partial charge in [-0.1, -0.05) is 18.2 Å². The van der Waals surface area contributed by atoms with E-state index in [9.17, 15) is 28.7 Å². The molecule has 0 spiro atoms. The molecule has 2 fully saturated rings. The number of aromatic hydroxyl groups is 1. The first-order valence-electron chi connectivity index (χ1n) is 13.1. The standard InChI is InChI=1S/C28H32FN5O5/c1-4-19-12-28(19,32-16(3)35)26(39)33-27-9-7-17(8-10-27)14-34-24(38)22(36)21(31-25(27)34)23(37)30-13-18-5-6-20(29)15(2)11-18/h4-6,11,17,19,36H,1,7-10,12-14H2,2-3H3,(H,30,37)(H,32,35)(H,33,39)/t17?,19-,27?,28-/m0/s1. The predicted molar refractivity (Wildman–Crippen MR) is 139 cm³/mol. The smallest absolute Gasteiger partial charge is 0.296 e. The van der Waals surface area contributed by atoms with Crippen LogP contribution in [0.1, 0.15) is 66.5 Å². The third-order valence-electron chi connectivity index (χ3n) is 8.32. The minimum atomic E-state index is -1.12. The van der Waals surface area contributed by atoms with Crippen LogP contribution in [-0.4, -0.2) is 37.9 Å². The number of amides is 3. The van der Waals surface area contributed by atoms with Crippen LogP contribution in [0.2, 0.25) is 0 Å². The van der Waals surface area contributed by atoms with Crippen LogP contribution < -0.4 is 21.5 Å². The lowest BCUT2D eigenvalue weighted by Crippen LogP contribution is -2.57. The summed E-state index contributed by atoms with van der Waals surface area (Å²) in [6.07, 6.45) is 4.46. The Hall–Kier alpha value is -4.02. The van der Waals surface area contributed by atoms with Gasteiger partial charge in [-0.25, -0.2) is 9.37 Å². The zero-order valence-corrected chi connectivity index (χ0v) is 22.0. The molecular weight excluding hydrogens is 505 g/mol. The fourth-order valence-corrected chi connectivity index (χ4v) is 6.01. The Morgan fingerprint density at radius 2 is 1.97 bits per heavy atom. The van der Waals surface area contributed by atoms with Gasteiger partial charge in [-0.2, -0.15) is 0 Å². The monoisotopic (exact) mass is 537 g/mol. The number of aryl methyl sites for hydroxylation is 1. The van der Waals surface area contributed by atoms with Crippen molar-refractivity contribution < 1.29 is 23.9 Å². The predicted octanol–water partition coefficient (Wildman–Crippen LogP) is 1.92. The molecule has 2 aromatic rings. The van der Waals surface area contributed by atoms with Gasteiger partial charge < -0.3 is 21.1 Å². The number of carbonyl (C=O) groups is 3. The molecule has 2 aliphatic heterocycles. The molecule has 2 aliphatic carbocycles. The summed E-state index contributed by atoms with van der Waals surface area (Å²) < 4.78 is 15.0. The second-order valence-corrected chi connectivity index (χ2v) is 11.0. The van der Waals surface area contributed by atoms with Crippen LogP contribution >= 0.6 is 0 Å². The van der Waals surface area contributed by atoms with Crippen LogP contribution in [0.5, 0.6) is 5.75 Å². The highest BCUT2D eigenvalue weighted by atomic mass is 19.1. The molecule has 3 heterocycles. The van der Waals surface area contributed by atoms with Gasteiger partial charge in [0.1, 0.15) is 17.2 Å². The Labute approximate surface area is 224 Å². The van der Waals surface area contributed by atoms with E-state index in [1.807, 2.05) is 0 Å². The molecule has 3 amide bonds. The number of rotatable bonds is 7. The average molecular weight is 538 g/mol. The van der Waals surface area contributed by atoms with Crippen molar-refractivity contribution in [1.29, 1.82) is 0 Å². The van der Waals surface area contributed by atoms with E-state index < -0.39 is 39.9 Å². The number of halogens is 1. The first-order valence-corrected chi connectivity index (χ1v) is 13.1. The number of fused-ring (bicyclic) bond motifs is 2. The van der Waals surface area contributed by atoms with Crippen LogP contribution in [0.25, 0.3) is 0 Å². The lowest BCUT2D eigenvalue weighted by atomic mass is 9.77. The summed E-state index contributed by atoms with van der Waals surface area (Å²) >= 11 is 0. The average Bonchev–Trinajstić information content (AvgIpc) is 3.66. The van der Waals surface area contributed by atoms with E-state index in [2.05, 4.69) is 27.5 Å². The van der Waals surface area contributed by atoms with Crippen molar-refractivity contribution in [1.82, 2.24) is 25.5 Å². The van der Waals surface area contributed by atoms with Crippen LogP contribution in [-0.2, 0) is 28.2 Å². The maximum absolute atomic E-state index is 13.6. The maximum atomic E-state index is 13.6. The fourth-order valence-electron chi connectivity index (χ4n) is 6.01. The first kappa shape index (κ1) is 26.6. The van der Waals surface area contributed by atoms with E-state index in [0.717, 1.165) is 0 Å². The van der Waals surface area contributed by atoms with Gasteiger partial charge in [-0.05, 0) is 62.1 Å². The summed E-state index contributed by atoms with van der Waals surface area (Å²) in [6.45, 7) is 7.08. The van der Waals surface area contributed by atoms with Crippen molar-refractivity contribution in [2.45, 2.75) is 70.1 Å². The van der Waals surface area contributed by atoms with E-state index in [4.69, 9.17) is 0 Å². The first-order chi connectivity index (χ1) is 18.5. The minimum Gasteiger partial charge on any atom is -0.501 e. The largest absolute Gasteiger partial charge is 0.501 e. The molecule has 10 nitrogen and oxygen atoms in total. The molecule has 1 aromatic heterocycles. The second-order valence-electron chi connectivity index (χ2n) is 11.0. The molecule has 0 radical (unpaired) electrons. The molecule has 2 atom stereocenters. The molecule has 0 saturated heterocycles. The van der Waals surface area contributed by atoms with Gasteiger partial charge in [0.05, 0.1) is 5.54 Å². The van der Waals surface area contributed by atoms with E-state index in [0.29, 0.717) is 49.8 Å². The molecule has 2 saturated carbocycles. The summed E-state index contributed by atoms with van der Waals surface area (Å²) in [4.78, 5) is 56.5. The van der Waals surface area contributed by atoms with Gasteiger partial charge >= 0.3 is 0 Å². The van der Waals surface area contributed by atoms with Gasteiger partial charge in [0.15, 0.2) is 5.69 Å². The lowest BCUT2D eigenvalue weighted by molar-refractivity contribution is -0.131. The second kappa shape index (κ2) is 9.62. The molecule has 6 rings (SSSR count). The lowest BCUT2D eigenvalue weighted by Gasteiger charge is -2.38. The fraction of sp³-hybridized carbons (Fsp3) is 0.464. The van der Waals surface area contributed by atoms with Crippen LogP contribution in [0, 0.1) is 24.6 Å². The molecule has 1 aromatic carbocycles. The molecule has 39 heavy (non-hydrogen) atoms. The van der Waals surface area contributed by atoms with Gasteiger partial charge in [-0.15, -0.1) is 6.58 Å². The van der Waals surface area contributed by atoms with Crippen molar-refractivity contribution >= 4 is 17.7 Å². The van der Waals surface area contributed by atoms with Crippen LogP contribution in [0.4, 0.5) is 4.39 Å². The highest BCUT2D eigenvalue weighted by Gasteiger charge is 2.61. The van der Waals surface area contributed by atoms with Gasteiger partial charge in [0.2, 0.25) is 17.6 Å². The summed E-state index contributed by atoms with van der Waals surface area (Å²) in [6, 6.07) is 4.43. The molecule has 11 heteroatoms. The van der Waals surface area contributed by atoms with Gasteiger partial charge in [-0.3, -0.25) is 23.7 Å². The van der Waals surface area contributed by atoms with Crippen LogP contribution in [0.3, 0.4) is 0 Å². The highest BCUT2D eigenvalue weighted by molar-refractivity contribution is 5.96. The maximum Gasteiger partial charge on any atom is 0.296 e. The Morgan fingerprint density at radius 1 is 1.26 bits per heavy atom. The van der Waals surface area contributed by atoms with Gasteiger partial charge in [0, 0.05) is 25.9 Å². The number of benzene rings is 1. The quantitative estimate of drug-likeness (QED) is 0.398. The Balaban J connectivity index is 1.49. The van der Waals surface area contributed by atoms with Gasteiger partial charge in [0.25, 0.3) is 11.5 Å². The van der Waals surface area contributed by atoms with E-state index in [-0.39, 0.29) is 35.9 Å². The number of aromatic nitrogens is 2. The molecule has 2 bridgehead atoms. The third-order valence-corrected chi connectivity index (χ3v) is 8.32.